The standard InChI is InChI=1S/C13H13N3O6S2/c14-13(18)11-7-10(5-6-12(11)17)24(21,22)16-8-1-3-9(4-2-8)23(15,19)20/h1-7,16-17H,(H2,14,18)(H2,15,19,20). The van der Waals surface area contributed by atoms with Gasteiger partial charge in [-0.25, -0.2) is 22.0 Å². The van der Waals surface area contributed by atoms with Crippen molar-refractivity contribution in [1.29, 1.82) is 0 Å². The van der Waals surface area contributed by atoms with E-state index in [1.807, 2.05) is 0 Å². The molecule has 0 aliphatic heterocycles. The lowest BCUT2D eigenvalue weighted by Crippen LogP contribution is -2.16. The van der Waals surface area contributed by atoms with Crippen molar-refractivity contribution in [2.75, 3.05) is 4.72 Å². The number of carbonyl (C=O) groups is 1. The lowest BCUT2D eigenvalue weighted by molar-refractivity contribution is 0.0997. The normalized spacial score (nSPS) is 11.9. The fourth-order valence-electron chi connectivity index (χ4n) is 1.81. The van der Waals surface area contributed by atoms with Crippen LogP contribution in [-0.4, -0.2) is 27.8 Å². The highest BCUT2D eigenvalue weighted by molar-refractivity contribution is 7.92. The Labute approximate surface area is 138 Å². The number of primary amides is 1. The molecule has 0 unspecified atom stereocenters. The van der Waals surface area contributed by atoms with Gasteiger partial charge < -0.3 is 10.8 Å². The van der Waals surface area contributed by atoms with Gasteiger partial charge in [0.1, 0.15) is 5.75 Å². The van der Waals surface area contributed by atoms with Crippen LogP contribution < -0.4 is 15.6 Å². The van der Waals surface area contributed by atoms with Gasteiger partial charge in [-0.15, -0.1) is 0 Å². The number of anilines is 1. The number of sulfonamides is 2. The molecule has 128 valence electrons. The first-order chi connectivity index (χ1) is 11.0. The van der Waals surface area contributed by atoms with Crippen LogP contribution in [0.5, 0.6) is 5.75 Å². The zero-order chi connectivity index (χ0) is 18.1. The molecule has 0 spiro atoms. The number of nitrogens with two attached hydrogens (primary N) is 2. The number of phenols is 1. The third-order valence-corrected chi connectivity index (χ3v) is 5.29. The number of aromatic hydroxyl groups is 1. The lowest BCUT2D eigenvalue weighted by atomic mass is 10.2. The number of nitrogens with one attached hydrogen (secondary N) is 1. The second-order valence-electron chi connectivity index (χ2n) is 4.72. The van der Waals surface area contributed by atoms with E-state index < -0.39 is 31.7 Å². The molecule has 0 bridgehead atoms. The third-order valence-electron chi connectivity index (χ3n) is 2.98. The van der Waals surface area contributed by atoms with Gasteiger partial charge in [-0.2, -0.15) is 0 Å². The molecule has 0 fully saturated rings. The fourth-order valence-corrected chi connectivity index (χ4v) is 3.41. The minimum atomic E-state index is -4.08. The van der Waals surface area contributed by atoms with Gasteiger partial charge >= 0.3 is 0 Å². The van der Waals surface area contributed by atoms with Crippen molar-refractivity contribution in [3.63, 3.8) is 0 Å². The van der Waals surface area contributed by atoms with Crippen LogP contribution in [0.25, 0.3) is 0 Å². The number of carbonyl (C=O) groups excluding carboxylic acids is 1. The molecule has 0 aliphatic carbocycles. The van der Waals surface area contributed by atoms with E-state index in [1.165, 1.54) is 12.1 Å². The van der Waals surface area contributed by atoms with Crippen LogP contribution in [0.1, 0.15) is 10.4 Å². The smallest absolute Gasteiger partial charge is 0.261 e. The Kier molecular flexibility index (Phi) is 4.51. The summed E-state index contributed by atoms with van der Waals surface area (Å²) in [5, 5.41) is 14.4. The van der Waals surface area contributed by atoms with Crippen LogP contribution >= 0.6 is 0 Å². The van der Waals surface area contributed by atoms with E-state index in [4.69, 9.17) is 10.9 Å². The topological polar surface area (TPSA) is 170 Å². The highest BCUT2D eigenvalue weighted by atomic mass is 32.2. The summed E-state index contributed by atoms with van der Waals surface area (Å²) in [6.45, 7) is 0. The molecule has 2 aromatic carbocycles. The maximum atomic E-state index is 12.3. The number of hydrogen-bond acceptors (Lipinski definition) is 6. The molecule has 0 heterocycles. The molecule has 0 saturated carbocycles. The van der Waals surface area contributed by atoms with E-state index in [1.54, 1.807) is 0 Å². The van der Waals surface area contributed by atoms with Crippen LogP contribution in [0.15, 0.2) is 52.3 Å². The maximum Gasteiger partial charge on any atom is 0.261 e. The Balaban J connectivity index is 2.35. The highest BCUT2D eigenvalue weighted by Gasteiger charge is 2.18. The van der Waals surface area contributed by atoms with Crippen LogP contribution in [0, 0.1) is 0 Å². The second-order valence-corrected chi connectivity index (χ2v) is 7.96. The lowest BCUT2D eigenvalue weighted by Gasteiger charge is -2.10. The summed E-state index contributed by atoms with van der Waals surface area (Å²) in [4.78, 5) is 10.7. The molecule has 0 aliphatic rings. The van der Waals surface area contributed by atoms with Gasteiger partial charge in [-0.3, -0.25) is 9.52 Å². The second kappa shape index (κ2) is 6.11. The number of primary sulfonamides is 1. The molecule has 1 amide bonds. The quantitative estimate of drug-likeness (QED) is 0.573. The highest BCUT2D eigenvalue weighted by Crippen LogP contribution is 2.23. The van der Waals surface area contributed by atoms with E-state index in [0.29, 0.717) is 0 Å². The van der Waals surface area contributed by atoms with Gasteiger partial charge in [0.05, 0.1) is 15.4 Å². The molecule has 11 heteroatoms. The summed E-state index contributed by atoms with van der Waals surface area (Å²) < 4.78 is 49.1. The van der Waals surface area contributed by atoms with E-state index in [-0.39, 0.29) is 21.0 Å². The molecule has 6 N–H and O–H groups in total. The van der Waals surface area contributed by atoms with Crippen LogP contribution in [-0.2, 0) is 20.0 Å². The number of rotatable bonds is 5. The Morgan fingerprint density at radius 3 is 2.00 bits per heavy atom. The minimum Gasteiger partial charge on any atom is -0.507 e. The van der Waals surface area contributed by atoms with Crippen LogP contribution in [0.4, 0.5) is 5.69 Å². The molecule has 2 aromatic rings. The molecule has 0 aromatic heterocycles. The number of hydrogen-bond donors (Lipinski definition) is 4. The molecule has 0 radical (unpaired) electrons. The van der Waals surface area contributed by atoms with E-state index in [2.05, 4.69) is 4.72 Å². The Morgan fingerprint density at radius 2 is 1.50 bits per heavy atom. The largest absolute Gasteiger partial charge is 0.507 e. The minimum absolute atomic E-state index is 0.0797. The first-order valence-corrected chi connectivity index (χ1v) is 9.32. The Morgan fingerprint density at radius 1 is 0.958 bits per heavy atom. The summed E-state index contributed by atoms with van der Waals surface area (Å²) >= 11 is 0. The van der Waals surface area contributed by atoms with E-state index in [0.717, 1.165) is 30.3 Å². The summed E-state index contributed by atoms with van der Waals surface area (Å²) in [5.74, 6) is -1.43. The summed E-state index contributed by atoms with van der Waals surface area (Å²) in [6.07, 6.45) is 0. The average Bonchev–Trinajstić information content (AvgIpc) is 2.46. The van der Waals surface area contributed by atoms with Crippen molar-refractivity contribution >= 4 is 31.6 Å². The van der Waals surface area contributed by atoms with Gasteiger partial charge in [0.2, 0.25) is 10.0 Å². The molecule has 0 atom stereocenters. The van der Waals surface area contributed by atoms with Gasteiger partial charge in [0, 0.05) is 5.69 Å². The van der Waals surface area contributed by atoms with Crippen molar-refractivity contribution in [2.45, 2.75) is 9.79 Å². The van der Waals surface area contributed by atoms with Crippen molar-refractivity contribution in [1.82, 2.24) is 0 Å². The molecular formula is C13H13N3O6S2. The van der Waals surface area contributed by atoms with Gasteiger partial charge in [0.25, 0.3) is 15.9 Å². The monoisotopic (exact) mass is 371 g/mol. The van der Waals surface area contributed by atoms with Crippen molar-refractivity contribution in [2.24, 2.45) is 10.9 Å². The Bertz CT molecular complexity index is 999. The van der Waals surface area contributed by atoms with Crippen LogP contribution in [0.3, 0.4) is 0 Å². The van der Waals surface area contributed by atoms with E-state index in [9.17, 15) is 26.7 Å². The summed E-state index contributed by atoms with van der Waals surface area (Å²) in [7, 11) is -7.98. The molecule has 0 saturated heterocycles. The molecule has 9 nitrogen and oxygen atoms in total. The zero-order valence-corrected chi connectivity index (χ0v) is 13.6. The molecule has 24 heavy (non-hydrogen) atoms. The van der Waals surface area contributed by atoms with E-state index >= 15 is 0 Å². The van der Waals surface area contributed by atoms with Gasteiger partial charge in [-0.05, 0) is 42.5 Å². The maximum absolute atomic E-state index is 12.3. The predicted molar refractivity (Wildman–Crippen MR) is 85.2 cm³/mol. The Hall–Kier alpha value is -2.63. The SMILES string of the molecule is NC(=O)c1cc(S(=O)(=O)Nc2ccc(S(N)(=O)=O)cc2)ccc1O. The van der Waals surface area contributed by atoms with Gasteiger partial charge in [-0.1, -0.05) is 0 Å². The zero-order valence-electron chi connectivity index (χ0n) is 12.0. The first-order valence-electron chi connectivity index (χ1n) is 6.29. The fraction of sp³-hybridized carbons (Fsp3) is 0. The summed E-state index contributed by atoms with van der Waals surface area (Å²) in [5.41, 5.74) is 4.79. The molecule has 2 rings (SSSR count). The first kappa shape index (κ1) is 17.7. The molecular weight excluding hydrogens is 358 g/mol. The van der Waals surface area contributed by atoms with Gasteiger partial charge in [0.15, 0.2) is 0 Å². The predicted octanol–water partition coefficient (Wildman–Crippen LogP) is -0.0607. The van der Waals surface area contributed by atoms with Crippen molar-refractivity contribution in [3.05, 3.63) is 48.0 Å². The van der Waals surface area contributed by atoms with Crippen molar-refractivity contribution in [3.8, 4) is 5.75 Å². The average molecular weight is 371 g/mol. The van der Waals surface area contributed by atoms with Crippen molar-refractivity contribution < 1.29 is 26.7 Å². The number of benzene rings is 2. The van der Waals surface area contributed by atoms with Crippen LogP contribution in [0.2, 0.25) is 0 Å². The third kappa shape index (κ3) is 3.82. The summed E-state index contributed by atoms with van der Waals surface area (Å²) in [6, 6.07) is 7.75. The number of amides is 1.